The average molecular weight is 365 g/mol. The van der Waals surface area contributed by atoms with Crippen LogP contribution in [0.4, 0.5) is 10.5 Å². The topological polar surface area (TPSA) is 69.0 Å². The number of carbonyl (C=O) groups excluding carboxylic acids is 1. The summed E-state index contributed by atoms with van der Waals surface area (Å²) in [6.07, 6.45) is 2.78. The van der Waals surface area contributed by atoms with E-state index in [1.165, 1.54) is 22.2 Å². The van der Waals surface area contributed by atoms with Crippen molar-refractivity contribution in [2.45, 2.75) is 32.9 Å². The van der Waals surface area contributed by atoms with Gasteiger partial charge in [0.2, 0.25) is 0 Å². The lowest BCUT2D eigenvalue weighted by Gasteiger charge is -2.19. The first-order valence-electron chi connectivity index (χ1n) is 7.36. The Labute approximate surface area is 148 Å². The zero-order chi connectivity index (χ0) is 17.3. The molecule has 0 fully saturated rings. The molecule has 0 radical (unpaired) electrons. The third kappa shape index (κ3) is 3.85. The lowest BCUT2D eigenvalue weighted by atomic mass is 10.2. The van der Waals surface area contributed by atoms with Gasteiger partial charge in [-0.2, -0.15) is 0 Å². The van der Waals surface area contributed by atoms with E-state index in [1.807, 2.05) is 39.0 Å². The third-order valence-electron chi connectivity index (χ3n) is 3.13. The number of hydrogen-bond acceptors (Lipinski definition) is 6. The minimum atomic E-state index is -0.550. The normalized spacial score (nSPS) is 11.7. The van der Waals surface area contributed by atoms with Crippen LogP contribution < -0.4 is 5.32 Å². The molecule has 1 aromatic carbocycles. The quantitative estimate of drug-likeness (QED) is 0.738. The van der Waals surface area contributed by atoms with Crippen LogP contribution >= 0.6 is 22.9 Å². The van der Waals surface area contributed by atoms with Gasteiger partial charge in [-0.3, -0.25) is 0 Å². The number of anilines is 1. The molecule has 126 valence electrons. The summed E-state index contributed by atoms with van der Waals surface area (Å²) in [4.78, 5) is 21.5. The molecule has 0 bridgehead atoms. The summed E-state index contributed by atoms with van der Waals surface area (Å²) < 4.78 is 7.31. The molecule has 2 aromatic heterocycles. The Morgan fingerprint density at radius 2 is 2.17 bits per heavy atom. The van der Waals surface area contributed by atoms with Crippen LogP contribution in [0.3, 0.4) is 0 Å². The SMILES string of the molecule is CC(C)(C)OC(=O)n1cnc2cc(NCc3cnc(Cl)s3)ccc21. The van der Waals surface area contributed by atoms with Gasteiger partial charge in [-0.15, -0.1) is 11.3 Å². The number of halogens is 1. The molecular formula is C16H17ClN4O2S. The Bertz CT molecular complexity index is 882. The Balaban J connectivity index is 1.76. The molecule has 1 N–H and O–H groups in total. The molecular weight excluding hydrogens is 348 g/mol. The number of benzene rings is 1. The van der Waals surface area contributed by atoms with Crippen molar-refractivity contribution in [1.29, 1.82) is 0 Å². The van der Waals surface area contributed by atoms with Crippen molar-refractivity contribution in [1.82, 2.24) is 14.5 Å². The van der Waals surface area contributed by atoms with E-state index < -0.39 is 11.7 Å². The monoisotopic (exact) mass is 364 g/mol. The lowest BCUT2D eigenvalue weighted by Crippen LogP contribution is -2.26. The van der Waals surface area contributed by atoms with Crippen LogP contribution in [0.1, 0.15) is 25.6 Å². The largest absolute Gasteiger partial charge is 0.443 e. The van der Waals surface area contributed by atoms with Crippen molar-refractivity contribution in [2.75, 3.05) is 5.32 Å². The molecule has 8 heteroatoms. The Morgan fingerprint density at radius 3 is 2.83 bits per heavy atom. The predicted octanol–water partition coefficient (Wildman–Crippen LogP) is 4.54. The van der Waals surface area contributed by atoms with Crippen LogP contribution in [0.25, 0.3) is 11.0 Å². The molecule has 0 aliphatic rings. The Kier molecular flexibility index (Phi) is 4.47. The minimum absolute atomic E-state index is 0.440. The molecule has 0 aliphatic carbocycles. The average Bonchev–Trinajstić information content (AvgIpc) is 3.08. The fraction of sp³-hybridized carbons (Fsp3) is 0.312. The van der Waals surface area contributed by atoms with E-state index in [0.29, 0.717) is 22.0 Å². The van der Waals surface area contributed by atoms with Gasteiger partial charge < -0.3 is 10.1 Å². The van der Waals surface area contributed by atoms with E-state index in [4.69, 9.17) is 16.3 Å². The molecule has 2 heterocycles. The second-order valence-electron chi connectivity index (χ2n) is 6.23. The number of thiazole rings is 1. The van der Waals surface area contributed by atoms with Gasteiger partial charge in [0, 0.05) is 16.8 Å². The first kappa shape index (κ1) is 16.7. The minimum Gasteiger partial charge on any atom is -0.443 e. The number of rotatable bonds is 3. The van der Waals surface area contributed by atoms with E-state index in [2.05, 4.69) is 15.3 Å². The molecule has 0 saturated heterocycles. The van der Waals surface area contributed by atoms with Crippen LogP contribution in [0.5, 0.6) is 0 Å². The lowest BCUT2D eigenvalue weighted by molar-refractivity contribution is 0.0543. The van der Waals surface area contributed by atoms with E-state index >= 15 is 0 Å². The summed E-state index contributed by atoms with van der Waals surface area (Å²) in [7, 11) is 0. The highest BCUT2D eigenvalue weighted by atomic mass is 35.5. The highest BCUT2D eigenvalue weighted by Crippen LogP contribution is 2.22. The van der Waals surface area contributed by atoms with Crippen LogP contribution in [0.2, 0.25) is 4.47 Å². The van der Waals surface area contributed by atoms with Crippen molar-refractivity contribution in [3.63, 3.8) is 0 Å². The van der Waals surface area contributed by atoms with E-state index in [-0.39, 0.29) is 0 Å². The number of carbonyl (C=O) groups is 1. The zero-order valence-corrected chi connectivity index (χ0v) is 15.1. The number of hydrogen-bond donors (Lipinski definition) is 1. The molecule has 24 heavy (non-hydrogen) atoms. The first-order chi connectivity index (χ1) is 11.3. The second-order valence-corrected chi connectivity index (χ2v) is 7.93. The standard InChI is InChI=1S/C16H17ClN4O2S/c1-16(2,3)23-15(22)21-9-20-12-6-10(4-5-13(12)21)18-7-11-8-19-14(17)24-11/h4-6,8-9,18H,7H2,1-3H3. The summed E-state index contributed by atoms with van der Waals surface area (Å²) in [6, 6.07) is 5.63. The second kappa shape index (κ2) is 6.41. The van der Waals surface area contributed by atoms with E-state index in [1.54, 1.807) is 6.20 Å². The highest BCUT2D eigenvalue weighted by molar-refractivity contribution is 7.15. The number of fused-ring (bicyclic) bond motifs is 1. The summed E-state index contributed by atoms with van der Waals surface area (Å²) in [5.74, 6) is 0. The van der Waals surface area contributed by atoms with Crippen LogP contribution in [-0.4, -0.2) is 26.2 Å². The number of imidazole rings is 1. The van der Waals surface area contributed by atoms with E-state index in [0.717, 1.165) is 10.6 Å². The molecule has 0 atom stereocenters. The van der Waals surface area contributed by atoms with Gasteiger partial charge in [-0.1, -0.05) is 11.6 Å². The Morgan fingerprint density at radius 1 is 1.38 bits per heavy atom. The maximum atomic E-state index is 12.2. The molecule has 0 aliphatic heterocycles. The maximum Gasteiger partial charge on any atom is 0.420 e. The van der Waals surface area contributed by atoms with Crippen molar-refractivity contribution < 1.29 is 9.53 Å². The molecule has 3 aromatic rings. The zero-order valence-electron chi connectivity index (χ0n) is 13.5. The first-order valence-corrected chi connectivity index (χ1v) is 8.56. The van der Waals surface area contributed by atoms with Gasteiger partial charge in [-0.05, 0) is 39.0 Å². The number of aromatic nitrogens is 3. The predicted molar refractivity (Wildman–Crippen MR) is 95.8 cm³/mol. The molecule has 6 nitrogen and oxygen atoms in total. The summed E-state index contributed by atoms with van der Waals surface area (Å²) in [5, 5.41) is 3.29. The maximum absolute atomic E-state index is 12.2. The molecule has 0 amide bonds. The van der Waals surface area contributed by atoms with Crippen molar-refractivity contribution in [2.24, 2.45) is 0 Å². The molecule has 3 rings (SSSR count). The third-order valence-corrected chi connectivity index (χ3v) is 4.24. The van der Waals surface area contributed by atoms with E-state index in [9.17, 15) is 4.79 Å². The molecule has 0 saturated carbocycles. The van der Waals surface area contributed by atoms with Crippen LogP contribution in [0, 0.1) is 0 Å². The molecule has 0 unspecified atom stereocenters. The van der Waals surface area contributed by atoms with Gasteiger partial charge in [-0.25, -0.2) is 19.3 Å². The van der Waals surface area contributed by atoms with Gasteiger partial charge in [0.25, 0.3) is 0 Å². The van der Waals surface area contributed by atoms with Crippen LogP contribution in [-0.2, 0) is 11.3 Å². The van der Waals surface area contributed by atoms with Gasteiger partial charge in [0.05, 0.1) is 17.6 Å². The molecule has 0 spiro atoms. The smallest absolute Gasteiger partial charge is 0.420 e. The highest BCUT2D eigenvalue weighted by Gasteiger charge is 2.19. The fourth-order valence-corrected chi connectivity index (χ4v) is 3.05. The van der Waals surface area contributed by atoms with Crippen molar-refractivity contribution >= 4 is 45.8 Å². The number of nitrogens with one attached hydrogen (secondary N) is 1. The number of ether oxygens (including phenoxy) is 1. The summed E-state index contributed by atoms with van der Waals surface area (Å²) in [5.41, 5.74) is 1.77. The van der Waals surface area contributed by atoms with Crippen molar-refractivity contribution in [3.8, 4) is 0 Å². The number of nitrogens with zero attached hydrogens (tertiary/aromatic N) is 3. The van der Waals surface area contributed by atoms with Crippen molar-refractivity contribution in [3.05, 3.63) is 40.1 Å². The van der Waals surface area contributed by atoms with Gasteiger partial charge >= 0.3 is 6.09 Å². The Hall–Kier alpha value is -2.12. The van der Waals surface area contributed by atoms with Gasteiger partial charge in [0.15, 0.2) is 4.47 Å². The fourth-order valence-electron chi connectivity index (χ4n) is 2.13. The van der Waals surface area contributed by atoms with Gasteiger partial charge in [0.1, 0.15) is 11.9 Å². The summed E-state index contributed by atoms with van der Waals surface area (Å²) in [6.45, 7) is 6.12. The van der Waals surface area contributed by atoms with Crippen LogP contribution in [0.15, 0.2) is 30.7 Å². The summed E-state index contributed by atoms with van der Waals surface area (Å²) >= 11 is 7.26.